The molecule has 116 valence electrons. The van der Waals surface area contributed by atoms with Crippen LogP contribution in [0.3, 0.4) is 0 Å². The summed E-state index contributed by atoms with van der Waals surface area (Å²) >= 11 is 0. The maximum absolute atomic E-state index is 11.6. The molecular weight excluding hydrogens is 270 g/mol. The highest BCUT2D eigenvalue weighted by Gasteiger charge is 2.07. The SMILES string of the molecule is CCC(=O)Nc1cccc(NCC(=O)NCCOC)c1C. The predicted octanol–water partition coefficient (Wildman–Crippen LogP) is 1.52. The van der Waals surface area contributed by atoms with Gasteiger partial charge < -0.3 is 20.7 Å². The second kappa shape index (κ2) is 8.97. The van der Waals surface area contributed by atoms with Crippen LogP contribution in [0.4, 0.5) is 11.4 Å². The number of hydrogen-bond donors (Lipinski definition) is 3. The van der Waals surface area contributed by atoms with Gasteiger partial charge in [0.15, 0.2) is 0 Å². The number of rotatable bonds is 8. The number of anilines is 2. The van der Waals surface area contributed by atoms with Gasteiger partial charge in [-0.15, -0.1) is 0 Å². The van der Waals surface area contributed by atoms with Crippen molar-refractivity contribution >= 4 is 23.2 Å². The Balaban J connectivity index is 2.57. The maximum Gasteiger partial charge on any atom is 0.239 e. The first-order valence-corrected chi connectivity index (χ1v) is 6.97. The zero-order valence-electron chi connectivity index (χ0n) is 12.8. The summed E-state index contributed by atoms with van der Waals surface area (Å²) in [5.41, 5.74) is 2.49. The zero-order chi connectivity index (χ0) is 15.7. The number of hydrogen-bond acceptors (Lipinski definition) is 4. The van der Waals surface area contributed by atoms with Crippen LogP contribution >= 0.6 is 0 Å². The topological polar surface area (TPSA) is 79.5 Å². The lowest BCUT2D eigenvalue weighted by Crippen LogP contribution is -2.32. The highest BCUT2D eigenvalue weighted by molar-refractivity contribution is 5.92. The van der Waals surface area contributed by atoms with Crippen LogP contribution in [-0.4, -0.2) is 38.6 Å². The fraction of sp³-hybridized carbons (Fsp3) is 0.467. The van der Waals surface area contributed by atoms with Gasteiger partial charge in [0.05, 0.1) is 13.2 Å². The Bertz CT molecular complexity index is 489. The third-order valence-electron chi connectivity index (χ3n) is 3.00. The van der Waals surface area contributed by atoms with E-state index in [1.165, 1.54) is 0 Å². The first-order valence-electron chi connectivity index (χ1n) is 6.97. The molecule has 6 heteroatoms. The minimum atomic E-state index is -0.102. The van der Waals surface area contributed by atoms with Crippen molar-refractivity contribution in [2.45, 2.75) is 20.3 Å². The third kappa shape index (κ3) is 5.83. The van der Waals surface area contributed by atoms with E-state index in [0.29, 0.717) is 19.6 Å². The lowest BCUT2D eigenvalue weighted by molar-refractivity contribution is -0.119. The van der Waals surface area contributed by atoms with E-state index in [2.05, 4.69) is 16.0 Å². The number of benzene rings is 1. The number of nitrogens with one attached hydrogen (secondary N) is 3. The molecule has 0 spiro atoms. The Morgan fingerprint density at radius 2 is 1.90 bits per heavy atom. The van der Waals surface area contributed by atoms with Crippen LogP contribution < -0.4 is 16.0 Å². The molecule has 6 nitrogen and oxygen atoms in total. The number of carbonyl (C=O) groups excluding carboxylic acids is 2. The van der Waals surface area contributed by atoms with Gasteiger partial charge in [0.25, 0.3) is 0 Å². The monoisotopic (exact) mass is 293 g/mol. The molecule has 1 aromatic rings. The molecule has 0 aliphatic carbocycles. The van der Waals surface area contributed by atoms with Crippen molar-refractivity contribution in [1.82, 2.24) is 5.32 Å². The molecule has 0 aromatic heterocycles. The molecule has 0 fully saturated rings. The quantitative estimate of drug-likeness (QED) is 0.635. The van der Waals surface area contributed by atoms with E-state index in [1.54, 1.807) is 14.0 Å². The Labute approximate surface area is 125 Å². The third-order valence-corrected chi connectivity index (χ3v) is 3.00. The second-order valence-corrected chi connectivity index (χ2v) is 4.58. The van der Waals surface area contributed by atoms with Crippen LogP contribution in [0.2, 0.25) is 0 Å². The average Bonchev–Trinajstić information content (AvgIpc) is 2.48. The minimum Gasteiger partial charge on any atom is -0.383 e. The molecule has 0 aliphatic heterocycles. The van der Waals surface area contributed by atoms with E-state index < -0.39 is 0 Å². The zero-order valence-corrected chi connectivity index (χ0v) is 12.8. The molecule has 1 aromatic carbocycles. The number of amides is 2. The van der Waals surface area contributed by atoms with Crippen LogP contribution in [-0.2, 0) is 14.3 Å². The summed E-state index contributed by atoms with van der Waals surface area (Å²) in [4.78, 5) is 23.1. The van der Waals surface area contributed by atoms with E-state index in [9.17, 15) is 9.59 Å². The van der Waals surface area contributed by atoms with E-state index >= 15 is 0 Å². The molecule has 0 bridgehead atoms. The molecule has 0 saturated carbocycles. The van der Waals surface area contributed by atoms with Crippen LogP contribution in [0, 0.1) is 6.92 Å². The van der Waals surface area contributed by atoms with E-state index in [0.717, 1.165) is 16.9 Å². The van der Waals surface area contributed by atoms with Gasteiger partial charge in [0, 0.05) is 31.5 Å². The molecular formula is C15H23N3O3. The first kappa shape index (κ1) is 17.0. The minimum absolute atomic E-state index is 0.0347. The molecule has 1 rings (SSSR count). The van der Waals surface area contributed by atoms with Gasteiger partial charge in [-0.25, -0.2) is 0 Å². The van der Waals surface area contributed by atoms with Crippen molar-refractivity contribution in [1.29, 1.82) is 0 Å². The Hall–Kier alpha value is -2.08. The smallest absolute Gasteiger partial charge is 0.239 e. The van der Waals surface area contributed by atoms with Crippen LogP contribution in [0.5, 0.6) is 0 Å². The average molecular weight is 293 g/mol. The molecule has 21 heavy (non-hydrogen) atoms. The van der Waals surface area contributed by atoms with Crippen LogP contribution in [0.1, 0.15) is 18.9 Å². The second-order valence-electron chi connectivity index (χ2n) is 4.58. The lowest BCUT2D eigenvalue weighted by atomic mass is 10.1. The van der Waals surface area contributed by atoms with Crippen LogP contribution in [0.15, 0.2) is 18.2 Å². The summed E-state index contributed by atoms with van der Waals surface area (Å²) in [6.07, 6.45) is 0.430. The summed E-state index contributed by atoms with van der Waals surface area (Å²) < 4.78 is 4.86. The highest BCUT2D eigenvalue weighted by Crippen LogP contribution is 2.23. The predicted molar refractivity (Wildman–Crippen MR) is 83.5 cm³/mol. The van der Waals surface area contributed by atoms with Crippen molar-refractivity contribution in [2.24, 2.45) is 0 Å². The van der Waals surface area contributed by atoms with E-state index in [-0.39, 0.29) is 18.4 Å². The summed E-state index contributed by atoms with van der Waals surface area (Å²) in [7, 11) is 1.59. The van der Waals surface area contributed by atoms with Crippen molar-refractivity contribution in [3.05, 3.63) is 23.8 Å². The van der Waals surface area contributed by atoms with Gasteiger partial charge in [-0.05, 0) is 24.6 Å². The molecule has 3 N–H and O–H groups in total. The first-order chi connectivity index (χ1) is 10.1. The van der Waals surface area contributed by atoms with Crippen molar-refractivity contribution in [3.63, 3.8) is 0 Å². The molecule has 2 amide bonds. The van der Waals surface area contributed by atoms with Gasteiger partial charge in [-0.3, -0.25) is 9.59 Å². The number of ether oxygens (including phenoxy) is 1. The Morgan fingerprint density at radius 1 is 1.19 bits per heavy atom. The van der Waals surface area contributed by atoms with Crippen molar-refractivity contribution < 1.29 is 14.3 Å². The molecule has 0 aliphatic rings. The summed E-state index contributed by atoms with van der Waals surface area (Å²) in [6, 6.07) is 5.55. The number of methoxy groups -OCH3 is 1. The van der Waals surface area contributed by atoms with Crippen LogP contribution in [0.25, 0.3) is 0 Å². The lowest BCUT2D eigenvalue weighted by Gasteiger charge is -2.14. The highest BCUT2D eigenvalue weighted by atomic mass is 16.5. The van der Waals surface area contributed by atoms with Gasteiger partial charge in [0.1, 0.15) is 0 Å². The van der Waals surface area contributed by atoms with Gasteiger partial charge in [0.2, 0.25) is 11.8 Å². The fourth-order valence-electron chi connectivity index (χ4n) is 1.73. The maximum atomic E-state index is 11.6. The normalized spacial score (nSPS) is 10.0. The number of carbonyl (C=O) groups is 2. The molecule has 0 heterocycles. The van der Waals surface area contributed by atoms with Gasteiger partial charge in [-0.2, -0.15) is 0 Å². The van der Waals surface area contributed by atoms with Crippen molar-refractivity contribution in [3.8, 4) is 0 Å². The largest absolute Gasteiger partial charge is 0.383 e. The Morgan fingerprint density at radius 3 is 2.57 bits per heavy atom. The van der Waals surface area contributed by atoms with Gasteiger partial charge in [-0.1, -0.05) is 13.0 Å². The molecule has 0 unspecified atom stereocenters. The molecule has 0 radical (unpaired) electrons. The van der Waals surface area contributed by atoms with Crippen molar-refractivity contribution in [2.75, 3.05) is 37.4 Å². The summed E-state index contributed by atoms with van der Waals surface area (Å²) in [5.74, 6) is -0.137. The van der Waals surface area contributed by atoms with E-state index in [1.807, 2.05) is 25.1 Å². The molecule has 0 atom stereocenters. The van der Waals surface area contributed by atoms with E-state index in [4.69, 9.17) is 4.74 Å². The summed E-state index contributed by atoms with van der Waals surface area (Å²) in [6.45, 7) is 4.86. The summed E-state index contributed by atoms with van der Waals surface area (Å²) in [5, 5.41) is 8.63. The van der Waals surface area contributed by atoms with Gasteiger partial charge >= 0.3 is 0 Å². The Kier molecular flexibility index (Phi) is 7.25. The fourth-order valence-corrected chi connectivity index (χ4v) is 1.73. The molecule has 0 saturated heterocycles. The standard InChI is InChI=1S/C15H23N3O3/c1-4-14(19)18-13-7-5-6-12(11(13)2)17-10-15(20)16-8-9-21-3/h5-7,17H,4,8-10H2,1-3H3,(H,16,20)(H,18,19).